The minimum Gasteiger partial charge on any atom is -0.444 e. The van der Waals surface area contributed by atoms with Gasteiger partial charge >= 0.3 is 6.09 Å². The Morgan fingerprint density at radius 1 is 1.20 bits per heavy atom. The van der Waals surface area contributed by atoms with Gasteiger partial charge in [0.1, 0.15) is 16.0 Å². The van der Waals surface area contributed by atoms with Crippen LogP contribution in [0.2, 0.25) is 0 Å². The highest BCUT2D eigenvalue weighted by Crippen LogP contribution is 2.49. The summed E-state index contributed by atoms with van der Waals surface area (Å²) >= 11 is 1.33. The second kappa shape index (κ2) is 9.22. The molecule has 3 aromatic heterocycles. The van der Waals surface area contributed by atoms with Crippen molar-refractivity contribution in [3.63, 3.8) is 0 Å². The minimum absolute atomic E-state index is 0.0238. The predicted octanol–water partition coefficient (Wildman–Crippen LogP) is 4.35. The smallest absolute Gasteiger partial charge is 0.410 e. The number of piperidine rings is 1. The van der Waals surface area contributed by atoms with Gasteiger partial charge in [-0.15, -0.1) is 10.2 Å². The standard InChI is InChI=1S/C27H33N7O4S2/c1-25(2,3)38-24(35)33-11-5-17(6-12-33)19-13-18(40(36,37)32-26(4)7-8-26)15-34-20(19)14-29-21(34)22-30-31-23(39-22)27(16-28)9-10-27/h13-15,17,32H,5-12H2,1-4H3. The molecule has 1 N–H and O–H groups in total. The number of hydrogen-bond donors (Lipinski definition) is 1. The van der Waals surface area contributed by atoms with Gasteiger partial charge in [0.15, 0.2) is 10.8 Å². The predicted molar refractivity (Wildman–Crippen MR) is 148 cm³/mol. The molecule has 0 bridgehead atoms. The van der Waals surface area contributed by atoms with Crippen LogP contribution < -0.4 is 4.72 Å². The third kappa shape index (κ3) is 5.08. The van der Waals surface area contributed by atoms with E-state index in [9.17, 15) is 18.5 Å². The molecule has 0 aromatic carbocycles. The number of fused-ring (bicyclic) bond motifs is 1. The average Bonchev–Trinajstić information content (AvgIpc) is 3.72. The Bertz CT molecular complexity index is 1630. The first-order chi connectivity index (χ1) is 18.8. The van der Waals surface area contributed by atoms with E-state index < -0.39 is 26.6 Å². The summed E-state index contributed by atoms with van der Waals surface area (Å²) < 4.78 is 37.2. The third-order valence-corrected chi connectivity index (χ3v) is 10.6. The van der Waals surface area contributed by atoms with Gasteiger partial charge in [-0.3, -0.25) is 4.40 Å². The fourth-order valence-electron chi connectivity index (χ4n) is 5.11. The van der Waals surface area contributed by atoms with Crippen molar-refractivity contribution in [1.29, 1.82) is 5.26 Å². The molecule has 3 aliphatic rings. The molecule has 0 unspecified atom stereocenters. The van der Waals surface area contributed by atoms with Crippen molar-refractivity contribution in [2.45, 2.75) is 93.6 Å². The van der Waals surface area contributed by atoms with Crippen molar-refractivity contribution in [3.05, 3.63) is 29.0 Å². The SMILES string of the molecule is CC1(NS(=O)(=O)c2cc(C3CCN(C(=O)OC(C)(C)C)CC3)c3cnc(-c4nnc(C5(C#N)CC5)s4)n3c2)CC1. The van der Waals surface area contributed by atoms with Gasteiger partial charge < -0.3 is 9.64 Å². The molecule has 1 aliphatic heterocycles. The second-order valence-corrected chi connectivity index (χ2v) is 15.1. The Kier molecular flexibility index (Phi) is 6.25. The van der Waals surface area contributed by atoms with Gasteiger partial charge in [-0.1, -0.05) is 11.3 Å². The van der Waals surface area contributed by atoms with Gasteiger partial charge in [-0.25, -0.2) is 22.9 Å². The zero-order valence-corrected chi connectivity index (χ0v) is 24.7. The Hall–Kier alpha value is -3.08. The molecule has 212 valence electrons. The number of ether oxygens (including phenoxy) is 1. The van der Waals surface area contributed by atoms with Gasteiger partial charge in [0.25, 0.3) is 0 Å². The lowest BCUT2D eigenvalue weighted by Crippen LogP contribution is -2.41. The first kappa shape index (κ1) is 27.1. The van der Waals surface area contributed by atoms with Crippen molar-refractivity contribution < 1.29 is 17.9 Å². The molecule has 2 aliphatic carbocycles. The first-order valence-electron chi connectivity index (χ1n) is 13.6. The highest BCUT2D eigenvalue weighted by molar-refractivity contribution is 7.89. The monoisotopic (exact) mass is 583 g/mol. The molecular formula is C27H33N7O4S2. The summed E-state index contributed by atoms with van der Waals surface area (Å²) in [6, 6.07) is 4.11. The molecule has 13 heteroatoms. The third-order valence-electron chi connectivity index (χ3n) is 7.91. The topological polar surface area (TPSA) is 143 Å². The Morgan fingerprint density at radius 2 is 1.90 bits per heavy atom. The van der Waals surface area contributed by atoms with Crippen LogP contribution in [0.3, 0.4) is 0 Å². The molecule has 3 fully saturated rings. The maximum atomic E-state index is 13.5. The second-order valence-electron chi connectivity index (χ2n) is 12.5. The number of aromatic nitrogens is 4. The molecule has 3 aromatic rings. The zero-order valence-electron chi connectivity index (χ0n) is 23.1. The highest BCUT2D eigenvalue weighted by atomic mass is 32.2. The molecule has 0 radical (unpaired) electrons. The lowest BCUT2D eigenvalue weighted by molar-refractivity contribution is 0.0205. The fourth-order valence-corrected chi connectivity index (χ4v) is 7.64. The van der Waals surface area contributed by atoms with Crippen LogP contribution in [-0.2, 0) is 20.2 Å². The quantitative estimate of drug-likeness (QED) is 0.451. The minimum atomic E-state index is -3.80. The van der Waals surface area contributed by atoms with Gasteiger partial charge in [0.05, 0.1) is 22.7 Å². The lowest BCUT2D eigenvalue weighted by Gasteiger charge is -2.34. The van der Waals surface area contributed by atoms with Gasteiger partial charge in [0.2, 0.25) is 10.0 Å². The number of rotatable bonds is 6. The van der Waals surface area contributed by atoms with Gasteiger partial charge in [-0.2, -0.15) is 5.26 Å². The van der Waals surface area contributed by atoms with Crippen molar-refractivity contribution in [2.75, 3.05) is 13.1 Å². The Balaban J connectivity index is 1.37. The van der Waals surface area contributed by atoms with Crippen LogP contribution in [0.15, 0.2) is 23.4 Å². The number of hydrogen-bond acceptors (Lipinski definition) is 9. The Morgan fingerprint density at radius 3 is 2.50 bits per heavy atom. The van der Waals surface area contributed by atoms with Crippen LogP contribution in [0.1, 0.15) is 82.7 Å². The molecule has 11 nitrogen and oxygen atoms in total. The molecular weight excluding hydrogens is 550 g/mol. The van der Waals surface area contributed by atoms with Crippen molar-refractivity contribution in [3.8, 4) is 16.9 Å². The summed E-state index contributed by atoms with van der Waals surface area (Å²) in [6.07, 6.45) is 7.47. The summed E-state index contributed by atoms with van der Waals surface area (Å²) in [7, 11) is -3.80. The number of likely N-dealkylation sites (tertiary alicyclic amines) is 1. The number of amides is 1. The highest BCUT2D eigenvalue weighted by Gasteiger charge is 2.48. The zero-order chi connectivity index (χ0) is 28.5. The van der Waals surface area contributed by atoms with Crippen LogP contribution in [0.4, 0.5) is 4.79 Å². The van der Waals surface area contributed by atoms with Crippen LogP contribution in [0.25, 0.3) is 16.3 Å². The van der Waals surface area contributed by atoms with E-state index in [1.165, 1.54) is 11.3 Å². The molecule has 1 amide bonds. The molecule has 6 rings (SSSR count). The van der Waals surface area contributed by atoms with E-state index in [1.807, 2.05) is 27.7 Å². The number of nitriles is 1. The van der Waals surface area contributed by atoms with Crippen LogP contribution >= 0.6 is 11.3 Å². The van der Waals surface area contributed by atoms with Crippen molar-refractivity contribution in [1.82, 2.24) is 29.2 Å². The maximum Gasteiger partial charge on any atom is 0.410 e. The summed E-state index contributed by atoms with van der Waals surface area (Å²) in [5, 5.41) is 19.4. The number of nitrogens with zero attached hydrogens (tertiary/aromatic N) is 6. The van der Waals surface area contributed by atoms with E-state index in [1.54, 1.807) is 27.8 Å². The van der Waals surface area contributed by atoms with Gasteiger partial charge in [0, 0.05) is 24.8 Å². The molecule has 2 saturated carbocycles. The number of pyridine rings is 1. The molecule has 4 heterocycles. The van der Waals surface area contributed by atoms with Crippen LogP contribution in [-0.4, -0.2) is 63.2 Å². The van der Waals surface area contributed by atoms with E-state index in [4.69, 9.17) is 4.74 Å². The normalized spacial score (nSPS) is 20.3. The largest absolute Gasteiger partial charge is 0.444 e. The summed E-state index contributed by atoms with van der Waals surface area (Å²) in [5.74, 6) is 0.519. The number of nitrogens with one attached hydrogen (secondary N) is 1. The van der Waals surface area contributed by atoms with E-state index in [0.717, 1.165) is 36.8 Å². The fraction of sp³-hybridized carbons (Fsp3) is 0.593. The van der Waals surface area contributed by atoms with E-state index in [0.29, 0.717) is 41.8 Å². The lowest BCUT2D eigenvalue weighted by atomic mass is 9.89. The van der Waals surface area contributed by atoms with Crippen LogP contribution in [0, 0.1) is 11.3 Å². The number of carbonyl (C=O) groups excluding carboxylic acids is 1. The van der Waals surface area contributed by atoms with Gasteiger partial charge in [-0.05, 0) is 83.8 Å². The van der Waals surface area contributed by atoms with E-state index in [-0.39, 0.29) is 16.9 Å². The van der Waals surface area contributed by atoms with E-state index >= 15 is 0 Å². The number of imidazole rings is 1. The average molecular weight is 584 g/mol. The molecule has 0 atom stereocenters. The van der Waals surface area contributed by atoms with Crippen LogP contribution in [0.5, 0.6) is 0 Å². The molecule has 40 heavy (non-hydrogen) atoms. The summed E-state index contributed by atoms with van der Waals surface area (Å²) in [5.41, 5.74) is 0.106. The first-order valence-corrected chi connectivity index (χ1v) is 15.9. The molecule has 0 spiro atoms. The number of sulfonamides is 1. The van der Waals surface area contributed by atoms with Crippen molar-refractivity contribution in [2.24, 2.45) is 0 Å². The maximum absolute atomic E-state index is 13.5. The summed E-state index contributed by atoms with van der Waals surface area (Å²) in [4.78, 5) is 19.1. The Labute approximate surface area is 237 Å². The van der Waals surface area contributed by atoms with E-state index in [2.05, 4.69) is 26.0 Å². The van der Waals surface area contributed by atoms with Crippen molar-refractivity contribution >= 4 is 33.0 Å². The molecule has 1 saturated heterocycles. The number of carbonyl (C=O) groups is 1. The summed E-state index contributed by atoms with van der Waals surface area (Å²) in [6.45, 7) is 8.47.